The molecule has 21 heavy (non-hydrogen) atoms. The van der Waals surface area contributed by atoms with Gasteiger partial charge in [0, 0.05) is 11.6 Å². The van der Waals surface area contributed by atoms with Gasteiger partial charge in [0.1, 0.15) is 11.6 Å². The number of benzene rings is 2. The summed E-state index contributed by atoms with van der Waals surface area (Å²) in [5.41, 5.74) is 1.96. The van der Waals surface area contributed by atoms with Gasteiger partial charge in [0.05, 0.1) is 7.11 Å². The average Bonchev–Trinajstić information content (AvgIpc) is 2.49. The maximum atomic E-state index is 12.9. The lowest BCUT2D eigenvalue weighted by Crippen LogP contribution is -2.13. The summed E-state index contributed by atoms with van der Waals surface area (Å²) in [6.45, 7) is 0.0487. The monoisotopic (exact) mass is 308 g/mol. The number of aliphatic hydroxyl groups excluding tert-OH is 1. The van der Waals surface area contributed by atoms with Gasteiger partial charge in [0.15, 0.2) is 0 Å². The van der Waals surface area contributed by atoms with Crippen molar-refractivity contribution in [2.24, 2.45) is 5.92 Å². The van der Waals surface area contributed by atoms with Crippen molar-refractivity contribution in [3.8, 4) is 5.75 Å². The number of hydrogen-bond donors (Lipinski definition) is 1. The maximum absolute atomic E-state index is 12.9. The number of hydrogen-bond acceptors (Lipinski definition) is 2. The van der Waals surface area contributed by atoms with Crippen LogP contribution in [0.2, 0.25) is 5.02 Å². The molecule has 1 unspecified atom stereocenters. The fourth-order valence-electron chi connectivity index (χ4n) is 2.37. The second-order valence-electron chi connectivity index (χ2n) is 5.04. The van der Waals surface area contributed by atoms with Gasteiger partial charge in [-0.25, -0.2) is 4.39 Å². The Hall–Kier alpha value is -1.58. The van der Waals surface area contributed by atoms with Crippen molar-refractivity contribution in [3.63, 3.8) is 0 Å². The zero-order valence-corrected chi connectivity index (χ0v) is 12.6. The first-order chi connectivity index (χ1) is 10.1. The lowest BCUT2D eigenvalue weighted by Gasteiger charge is -2.16. The van der Waals surface area contributed by atoms with Crippen LogP contribution in [0.3, 0.4) is 0 Å². The van der Waals surface area contributed by atoms with Gasteiger partial charge in [-0.1, -0.05) is 23.7 Å². The van der Waals surface area contributed by atoms with E-state index in [2.05, 4.69) is 0 Å². The van der Waals surface area contributed by atoms with Crippen LogP contribution in [0.1, 0.15) is 11.1 Å². The normalized spacial score (nSPS) is 12.2. The van der Waals surface area contributed by atoms with Crippen LogP contribution in [-0.2, 0) is 12.8 Å². The highest BCUT2D eigenvalue weighted by Gasteiger charge is 2.13. The van der Waals surface area contributed by atoms with Gasteiger partial charge in [0.2, 0.25) is 0 Å². The van der Waals surface area contributed by atoms with Crippen molar-refractivity contribution in [3.05, 3.63) is 64.4 Å². The van der Waals surface area contributed by atoms with Crippen LogP contribution >= 0.6 is 11.6 Å². The summed E-state index contributed by atoms with van der Waals surface area (Å²) < 4.78 is 18.2. The first-order valence-electron chi connectivity index (χ1n) is 6.80. The molecule has 2 aromatic carbocycles. The molecule has 0 aromatic heterocycles. The Balaban J connectivity index is 2.11. The molecule has 0 fully saturated rings. The molecule has 0 saturated carbocycles. The molecule has 1 N–H and O–H groups in total. The second kappa shape index (κ2) is 7.43. The Kier molecular flexibility index (Phi) is 5.59. The van der Waals surface area contributed by atoms with E-state index in [0.717, 1.165) is 16.9 Å². The van der Waals surface area contributed by atoms with Gasteiger partial charge < -0.3 is 9.84 Å². The molecule has 2 rings (SSSR count). The Bertz CT molecular complexity index is 584. The second-order valence-corrected chi connectivity index (χ2v) is 5.48. The van der Waals surface area contributed by atoms with Crippen LogP contribution in [0.4, 0.5) is 4.39 Å². The highest BCUT2D eigenvalue weighted by atomic mass is 35.5. The van der Waals surface area contributed by atoms with E-state index in [1.165, 1.54) is 12.1 Å². The molecule has 2 aromatic rings. The van der Waals surface area contributed by atoms with Gasteiger partial charge >= 0.3 is 0 Å². The van der Waals surface area contributed by atoms with Gasteiger partial charge in [-0.3, -0.25) is 0 Å². The van der Waals surface area contributed by atoms with E-state index in [1.807, 2.05) is 12.1 Å². The fraction of sp³-hybridized carbons (Fsp3) is 0.294. The van der Waals surface area contributed by atoms with Crippen LogP contribution in [0.25, 0.3) is 0 Å². The Labute approximate surface area is 129 Å². The molecule has 112 valence electrons. The summed E-state index contributed by atoms with van der Waals surface area (Å²) in [4.78, 5) is 0. The van der Waals surface area contributed by atoms with Crippen molar-refractivity contribution in [1.82, 2.24) is 0 Å². The molecule has 0 bridgehead atoms. The molecule has 0 saturated heterocycles. The Morgan fingerprint density at radius 2 is 1.86 bits per heavy atom. The smallest absolute Gasteiger partial charge is 0.123 e. The molecule has 0 aliphatic rings. The van der Waals surface area contributed by atoms with Gasteiger partial charge in [-0.2, -0.15) is 0 Å². The lowest BCUT2D eigenvalue weighted by molar-refractivity contribution is 0.224. The van der Waals surface area contributed by atoms with E-state index in [1.54, 1.807) is 25.3 Å². The minimum absolute atomic E-state index is 0.0304. The van der Waals surface area contributed by atoms with Crippen LogP contribution in [0.15, 0.2) is 42.5 Å². The lowest BCUT2D eigenvalue weighted by atomic mass is 9.93. The fourth-order valence-corrected chi connectivity index (χ4v) is 2.57. The van der Waals surface area contributed by atoms with Crippen molar-refractivity contribution in [2.45, 2.75) is 12.8 Å². The van der Waals surface area contributed by atoms with Crippen molar-refractivity contribution >= 4 is 11.6 Å². The molecular weight excluding hydrogens is 291 g/mol. The molecule has 0 aliphatic heterocycles. The summed E-state index contributed by atoms with van der Waals surface area (Å²) in [5, 5.41) is 10.2. The molecule has 1 atom stereocenters. The van der Waals surface area contributed by atoms with E-state index in [4.69, 9.17) is 16.3 Å². The van der Waals surface area contributed by atoms with Crippen LogP contribution in [-0.4, -0.2) is 18.8 Å². The number of aliphatic hydroxyl groups is 1. The molecular formula is C17H18ClFO2. The predicted octanol–water partition coefficient (Wildman–Crippen LogP) is 3.88. The summed E-state index contributed by atoms with van der Waals surface area (Å²) in [5.74, 6) is 0.538. The highest BCUT2D eigenvalue weighted by molar-refractivity contribution is 6.30. The zero-order chi connectivity index (χ0) is 15.2. The summed E-state index contributed by atoms with van der Waals surface area (Å²) in [7, 11) is 1.61. The van der Waals surface area contributed by atoms with Crippen molar-refractivity contribution < 1.29 is 14.2 Å². The Morgan fingerprint density at radius 1 is 1.14 bits per heavy atom. The van der Waals surface area contributed by atoms with Crippen molar-refractivity contribution in [1.29, 1.82) is 0 Å². The summed E-state index contributed by atoms with van der Waals surface area (Å²) in [6.07, 6.45) is 1.32. The third-order valence-electron chi connectivity index (χ3n) is 3.45. The maximum Gasteiger partial charge on any atom is 0.123 e. The van der Waals surface area contributed by atoms with E-state index in [0.29, 0.717) is 17.9 Å². The standard InChI is InChI=1S/C17H18ClFO2/c1-21-17-7-4-15(18)10-14(17)9-13(11-20)8-12-2-5-16(19)6-3-12/h2-7,10,13,20H,8-9,11H2,1H3. The van der Waals surface area contributed by atoms with Gasteiger partial charge in [0.25, 0.3) is 0 Å². The zero-order valence-electron chi connectivity index (χ0n) is 11.9. The van der Waals surface area contributed by atoms with Crippen molar-refractivity contribution in [2.75, 3.05) is 13.7 Å². The number of ether oxygens (including phenoxy) is 1. The predicted molar refractivity (Wildman–Crippen MR) is 82.4 cm³/mol. The third-order valence-corrected chi connectivity index (χ3v) is 3.68. The summed E-state index contributed by atoms with van der Waals surface area (Å²) >= 11 is 6.02. The minimum atomic E-state index is -0.254. The topological polar surface area (TPSA) is 29.5 Å². The van der Waals surface area contributed by atoms with Crippen LogP contribution in [0, 0.1) is 11.7 Å². The van der Waals surface area contributed by atoms with E-state index < -0.39 is 0 Å². The molecule has 2 nitrogen and oxygen atoms in total. The number of methoxy groups -OCH3 is 1. The minimum Gasteiger partial charge on any atom is -0.496 e. The third kappa shape index (κ3) is 4.45. The van der Waals surface area contributed by atoms with Gasteiger partial charge in [-0.05, 0) is 60.2 Å². The average molecular weight is 309 g/mol. The van der Waals surface area contributed by atoms with Gasteiger partial charge in [-0.15, -0.1) is 0 Å². The highest BCUT2D eigenvalue weighted by Crippen LogP contribution is 2.26. The molecule has 0 radical (unpaired) electrons. The number of halogens is 2. The molecule has 0 spiro atoms. The molecule has 0 aliphatic carbocycles. The number of rotatable bonds is 6. The molecule has 4 heteroatoms. The molecule has 0 heterocycles. The van der Waals surface area contributed by atoms with Crippen LogP contribution in [0.5, 0.6) is 5.75 Å². The quantitative estimate of drug-likeness (QED) is 0.877. The van der Waals surface area contributed by atoms with E-state index >= 15 is 0 Å². The largest absolute Gasteiger partial charge is 0.496 e. The first-order valence-corrected chi connectivity index (χ1v) is 7.18. The van der Waals surface area contributed by atoms with E-state index in [-0.39, 0.29) is 18.3 Å². The first kappa shape index (κ1) is 15.8. The SMILES string of the molecule is COc1ccc(Cl)cc1CC(CO)Cc1ccc(F)cc1. The van der Waals surface area contributed by atoms with E-state index in [9.17, 15) is 9.50 Å². The molecule has 0 amide bonds. The van der Waals surface area contributed by atoms with Crippen LogP contribution < -0.4 is 4.74 Å². The Morgan fingerprint density at radius 3 is 2.48 bits per heavy atom. The summed E-state index contributed by atoms with van der Waals surface area (Å²) in [6, 6.07) is 11.8.